The van der Waals surface area contributed by atoms with Gasteiger partial charge >= 0.3 is 0 Å². The number of likely N-dealkylation sites (tertiary alicyclic amines) is 1. The maximum atomic E-state index is 12.8. The van der Waals surface area contributed by atoms with Crippen molar-refractivity contribution in [2.75, 3.05) is 36.9 Å². The van der Waals surface area contributed by atoms with Crippen molar-refractivity contribution >= 4 is 23.2 Å². The first-order chi connectivity index (χ1) is 15.0. The van der Waals surface area contributed by atoms with E-state index in [0.29, 0.717) is 23.8 Å². The zero-order chi connectivity index (χ0) is 22.1. The fourth-order valence-corrected chi connectivity index (χ4v) is 3.53. The highest BCUT2D eigenvalue weighted by Crippen LogP contribution is 2.19. The van der Waals surface area contributed by atoms with E-state index in [1.165, 1.54) is 12.8 Å². The highest BCUT2D eigenvalue weighted by atomic mass is 16.5. The summed E-state index contributed by atoms with van der Waals surface area (Å²) in [6.45, 7) is 6.56. The smallest absolute Gasteiger partial charge is 0.253 e. The number of hydrogen-bond acceptors (Lipinski definition) is 4. The molecule has 0 spiro atoms. The Bertz CT molecular complexity index is 874. The van der Waals surface area contributed by atoms with E-state index in [4.69, 9.17) is 4.74 Å². The van der Waals surface area contributed by atoms with Crippen LogP contribution in [0.25, 0.3) is 0 Å². The van der Waals surface area contributed by atoms with Gasteiger partial charge in [-0.15, -0.1) is 0 Å². The van der Waals surface area contributed by atoms with Gasteiger partial charge in [0.15, 0.2) is 0 Å². The topological polar surface area (TPSA) is 70.7 Å². The summed E-state index contributed by atoms with van der Waals surface area (Å²) in [6, 6.07) is 14.8. The third kappa shape index (κ3) is 7.31. The second-order valence-corrected chi connectivity index (χ2v) is 8.42. The molecule has 0 saturated carbocycles. The van der Waals surface area contributed by atoms with Crippen molar-refractivity contribution in [3.63, 3.8) is 0 Å². The Morgan fingerprint density at radius 2 is 1.68 bits per heavy atom. The van der Waals surface area contributed by atoms with E-state index in [0.717, 1.165) is 37.4 Å². The molecule has 1 saturated heterocycles. The third-order valence-corrected chi connectivity index (χ3v) is 5.16. The Hall–Kier alpha value is -3.02. The Morgan fingerprint density at radius 3 is 2.42 bits per heavy atom. The van der Waals surface area contributed by atoms with Crippen LogP contribution in [0, 0.1) is 5.92 Å². The number of carbonyl (C=O) groups is 2. The third-order valence-electron chi connectivity index (χ3n) is 5.16. The number of benzene rings is 2. The zero-order valence-corrected chi connectivity index (χ0v) is 18.5. The van der Waals surface area contributed by atoms with Crippen molar-refractivity contribution < 1.29 is 14.3 Å². The lowest BCUT2D eigenvalue weighted by Crippen LogP contribution is -2.31. The van der Waals surface area contributed by atoms with Crippen molar-refractivity contribution in [3.8, 4) is 5.75 Å². The number of hydrogen-bond donors (Lipinski definition) is 2. The minimum absolute atomic E-state index is 0.0632. The maximum absolute atomic E-state index is 12.8. The summed E-state index contributed by atoms with van der Waals surface area (Å²) in [6.07, 6.45) is 4.50. The van der Waals surface area contributed by atoms with Gasteiger partial charge in [0.05, 0.1) is 13.2 Å². The Labute approximate surface area is 185 Å². The zero-order valence-electron chi connectivity index (χ0n) is 18.5. The number of carbonyl (C=O) groups excluding carboxylic acids is 2. The molecule has 1 fully saturated rings. The monoisotopic (exact) mass is 423 g/mol. The summed E-state index contributed by atoms with van der Waals surface area (Å²) < 4.78 is 5.71. The molecule has 2 N–H and O–H groups in total. The molecule has 2 aromatic carbocycles. The molecule has 31 heavy (non-hydrogen) atoms. The fraction of sp³-hybridized carbons (Fsp3) is 0.440. The molecule has 0 atom stereocenters. The first-order valence-corrected chi connectivity index (χ1v) is 11.2. The largest absolute Gasteiger partial charge is 0.493 e. The van der Waals surface area contributed by atoms with Gasteiger partial charge in [-0.3, -0.25) is 9.59 Å². The quantitative estimate of drug-likeness (QED) is 0.641. The average molecular weight is 424 g/mol. The molecule has 1 heterocycles. The summed E-state index contributed by atoms with van der Waals surface area (Å²) in [4.78, 5) is 27.1. The van der Waals surface area contributed by atoms with Crippen LogP contribution >= 0.6 is 0 Å². The van der Waals surface area contributed by atoms with Gasteiger partial charge in [0, 0.05) is 36.1 Å². The molecule has 0 bridgehead atoms. The minimum Gasteiger partial charge on any atom is -0.493 e. The Morgan fingerprint density at radius 1 is 0.968 bits per heavy atom. The second-order valence-electron chi connectivity index (χ2n) is 8.42. The molecule has 2 amide bonds. The molecule has 1 aliphatic heterocycles. The van der Waals surface area contributed by atoms with Crippen LogP contribution in [0.1, 0.15) is 49.9 Å². The van der Waals surface area contributed by atoms with E-state index in [1.807, 2.05) is 53.4 Å². The highest BCUT2D eigenvalue weighted by molar-refractivity contribution is 5.96. The molecule has 6 heteroatoms. The van der Waals surface area contributed by atoms with Crippen LogP contribution in [0.4, 0.5) is 11.4 Å². The molecule has 2 aromatic rings. The van der Waals surface area contributed by atoms with Crippen LogP contribution in [0.5, 0.6) is 5.75 Å². The van der Waals surface area contributed by atoms with E-state index in [9.17, 15) is 9.59 Å². The van der Waals surface area contributed by atoms with Crippen molar-refractivity contribution in [3.05, 3.63) is 54.1 Å². The molecular weight excluding hydrogens is 390 g/mol. The van der Waals surface area contributed by atoms with E-state index in [2.05, 4.69) is 24.5 Å². The highest BCUT2D eigenvalue weighted by Gasteiger charge is 2.17. The predicted octanol–water partition coefficient (Wildman–Crippen LogP) is 4.79. The SMILES string of the molecule is CC(C)COc1cccc(NC(=O)CNc2cccc(C(=O)N3CCCCCC3)c2)c1. The molecule has 166 valence electrons. The van der Waals surface area contributed by atoms with Crippen molar-refractivity contribution in [2.45, 2.75) is 39.5 Å². The number of amides is 2. The van der Waals surface area contributed by atoms with Crippen molar-refractivity contribution in [1.82, 2.24) is 4.90 Å². The van der Waals surface area contributed by atoms with Crippen LogP contribution < -0.4 is 15.4 Å². The second kappa shape index (κ2) is 11.4. The fourth-order valence-electron chi connectivity index (χ4n) is 3.53. The van der Waals surface area contributed by atoms with Gasteiger partial charge in [0.25, 0.3) is 5.91 Å². The van der Waals surface area contributed by atoms with E-state index in [-0.39, 0.29) is 18.4 Å². The first kappa shape index (κ1) is 22.7. The molecule has 6 nitrogen and oxygen atoms in total. The molecule has 0 aromatic heterocycles. The van der Waals surface area contributed by atoms with Crippen LogP contribution in [0.3, 0.4) is 0 Å². The number of anilines is 2. The molecule has 0 aliphatic carbocycles. The van der Waals surface area contributed by atoms with E-state index >= 15 is 0 Å². The standard InChI is InChI=1S/C25H33N3O3/c1-19(2)18-31-23-12-8-11-22(16-23)27-24(29)17-26-21-10-7-9-20(15-21)25(30)28-13-5-3-4-6-14-28/h7-12,15-16,19,26H,3-6,13-14,17-18H2,1-2H3,(H,27,29). The summed E-state index contributed by atoms with van der Waals surface area (Å²) in [7, 11) is 0. The Balaban J connectivity index is 1.53. The predicted molar refractivity (Wildman–Crippen MR) is 125 cm³/mol. The van der Waals surface area contributed by atoms with Gasteiger partial charge in [-0.05, 0) is 49.1 Å². The lowest BCUT2D eigenvalue weighted by atomic mass is 10.1. The molecule has 1 aliphatic rings. The molecular formula is C25H33N3O3. The average Bonchev–Trinajstić information content (AvgIpc) is 3.06. The number of ether oxygens (including phenoxy) is 1. The first-order valence-electron chi connectivity index (χ1n) is 11.2. The lowest BCUT2D eigenvalue weighted by molar-refractivity contribution is -0.114. The van der Waals surface area contributed by atoms with Gasteiger partial charge in [-0.25, -0.2) is 0 Å². The van der Waals surface area contributed by atoms with Crippen LogP contribution in [0.15, 0.2) is 48.5 Å². The molecule has 0 unspecified atom stereocenters. The van der Waals surface area contributed by atoms with E-state index in [1.54, 1.807) is 0 Å². The summed E-state index contributed by atoms with van der Waals surface area (Å²) in [5.74, 6) is 1.07. The summed E-state index contributed by atoms with van der Waals surface area (Å²) >= 11 is 0. The molecule has 0 radical (unpaired) electrons. The summed E-state index contributed by atoms with van der Waals surface area (Å²) in [5.41, 5.74) is 2.10. The van der Waals surface area contributed by atoms with Gasteiger partial charge in [-0.2, -0.15) is 0 Å². The normalized spacial score (nSPS) is 14.1. The van der Waals surface area contributed by atoms with Crippen LogP contribution in [0.2, 0.25) is 0 Å². The van der Waals surface area contributed by atoms with Crippen LogP contribution in [-0.2, 0) is 4.79 Å². The van der Waals surface area contributed by atoms with Crippen molar-refractivity contribution in [2.24, 2.45) is 5.92 Å². The summed E-state index contributed by atoms with van der Waals surface area (Å²) in [5, 5.41) is 6.00. The minimum atomic E-state index is -0.162. The van der Waals surface area contributed by atoms with Crippen molar-refractivity contribution in [1.29, 1.82) is 0 Å². The number of nitrogens with one attached hydrogen (secondary N) is 2. The number of nitrogens with zero attached hydrogens (tertiary/aromatic N) is 1. The molecule has 3 rings (SSSR count). The van der Waals surface area contributed by atoms with Gasteiger partial charge in [-0.1, -0.05) is 38.8 Å². The number of rotatable bonds is 8. The maximum Gasteiger partial charge on any atom is 0.253 e. The van der Waals surface area contributed by atoms with Gasteiger partial charge in [0.1, 0.15) is 5.75 Å². The van der Waals surface area contributed by atoms with Crippen LogP contribution in [-0.4, -0.2) is 43.0 Å². The Kier molecular flexibility index (Phi) is 8.33. The lowest BCUT2D eigenvalue weighted by Gasteiger charge is -2.20. The van der Waals surface area contributed by atoms with Gasteiger partial charge < -0.3 is 20.3 Å². The van der Waals surface area contributed by atoms with Gasteiger partial charge in [0.2, 0.25) is 5.91 Å². The van der Waals surface area contributed by atoms with E-state index < -0.39 is 0 Å².